The Morgan fingerprint density at radius 3 is 2.36 bits per heavy atom. The van der Waals surface area contributed by atoms with Gasteiger partial charge in [0, 0.05) is 13.1 Å². The molecule has 22 heavy (non-hydrogen) atoms. The van der Waals surface area contributed by atoms with Crippen molar-refractivity contribution in [3.63, 3.8) is 0 Å². The predicted octanol–water partition coefficient (Wildman–Crippen LogP) is 1.37. The summed E-state index contributed by atoms with van der Waals surface area (Å²) in [4.78, 5) is 12.1. The van der Waals surface area contributed by atoms with Gasteiger partial charge in [0.05, 0.1) is 11.0 Å². The number of rotatable bonds is 4. The number of piperazine rings is 1. The maximum atomic E-state index is 12.8. The van der Waals surface area contributed by atoms with Gasteiger partial charge in [-0.15, -0.1) is 0 Å². The van der Waals surface area contributed by atoms with E-state index < -0.39 is 15.6 Å². The topological polar surface area (TPSA) is 75.7 Å². The maximum Gasteiger partial charge on any atom is 0.244 e. The molecule has 1 amide bonds. The lowest BCUT2D eigenvalue weighted by molar-refractivity contribution is -0.131. The zero-order valence-corrected chi connectivity index (χ0v) is 14.1. The molecule has 0 aromatic heterocycles. The van der Waals surface area contributed by atoms with E-state index in [1.807, 2.05) is 13.8 Å². The molecule has 6 nitrogen and oxygen atoms in total. The zero-order chi connectivity index (χ0) is 16.5. The van der Waals surface area contributed by atoms with Crippen LogP contribution in [0.25, 0.3) is 0 Å². The molecular formula is C15H22N2O4S. The lowest BCUT2D eigenvalue weighted by Gasteiger charge is -2.39. The van der Waals surface area contributed by atoms with Crippen molar-refractivity contribution in [1.82, 2.24) is 9.62 Å². The number of carbonyl (C=O) groups is 1. The quantitative estimate of drug-likeness (QED) is 0.907. The van der Waals surface area contributed by atoms with Gasteiger partial charge in [-0.1, -0.05) is 0 Å². The SMILES string of the molecule is CC(C)Oc1ccc(S(=O)(=O)N2CCNC(=O)C2(C)C)cc1. The number of benzene rings is 1. The van der Waals surface area contributed by atoms with E-state index in [9.17, 15) is 13.2 Å². The van der Waals surface area contributed by atoms with Gasteiger partial charge in [0.25, 0.3) is 0 Å². The minimum atomic E-state index is -3.73. The van der Waals surface area contributed by atoms with Crippen LogP contribution in [0.2, 0.25) is 0 Å². The van der Waals surface area contributed by atoms with Crippen molar-refractivity contribution in [2.24, 2.45) is 0 Å². The highest BCUT2D eigenvalue weighted by atomic mass is 32.2. The number of sulfonamides is 1. The lowest BCUT2D eigenvalue weighted by atomic mass is 10.0. The zero-order valence-electron chi connectivity index (χ0n) is 13.3. The average Bonchev–Trinajstić information content (AvgIpc) is 2.41. The van der Waals surface area contributed by atoms with Gasteiger partial charge in [-0.2, -0.15) is 4.31 Å². The number of hydrogen-bond donors (Lipinski definition) is 1. The molecule has 1 aliphatic heterocycles. The number of carbonyl (C=O) groups excluding carboxylic acids is 1. The maximum absolute atomic E-state index is 12.8. The first-order valence-corrected chi connectivity index (χ1v) is 8.67. The van der Waals surface area contributed by atoms with Crippen LogP contribution < -0.4 is 10.1 Å². The molecule has 122 valence electrons. The molecule has 0 bridgehead atoms. The minimum Gasteiger partial charge on any atom is -0.491 e. The van der Waals surface area contributed by atoms with Gasteiger partial charge in [0.1, 0.15) is 11.3 Å². The van der Waals surface area contributed by atoms with Crippen LogP contribution >= 0.6 is 0 Å². The largest absolute Gasteiger partial charge is 0.491 e. The molecule has 0 spiro atoms. The van der Waals surface area contributed by atoms with Crippen LogP contribution in [0.5, 0.6) is 5.75 Å². The molecule has 0 saturated carbocycles. The predicted molar refractivity (Wildman–Crippen MR) is 83.2 cm³/mol. The first kappa shape index (κ1) is 16.8. The van der Waals surface area contributed by atoms with Crippen LogP contribution in [0.15, 0.2) is 29.2 Å². The first-order valence-electron chi connectivity index (χ1n) is 7.23. The fraction of sp³-hybridized carbons (Fsp3) is 0.533. The Morgan fingerprint density at radius 2 is 1.82 bits per heavy atom. The highest BCUT2D eigenvalue weighted by Crippen LogP contribution is 2.27. The normalized spacial score (nSPS) is 19.0. The summed E-state index contributed by atoms with van der Waals surface area (Å²) in [6.07, 6.45) is 0.0205. The van der Waals surface area contributed by atoms with Gasteiger partial charge in [0.15, 0.2) is 0 Å². The van der Waals surface area contributed by atoms with E-state index in [4.69, 9.17) is 4.74 Å². The van der Waals surface area contributed by atoms with Gasteiger partial charge >= 0.3 is 0 Å². The highest BCUT2D eigenvalue weighted by Gasteiger charge is 2.44. The van der Waals surface area contributed by atoms with Gasteiger partial charge in [-0.25, -0.2) is 8.42 Å². The summed E-state index contributed by atoms with van der Waals surface area (Å²) in [5, 5.41) is 2.69. The smallest absolute Gasteiger partial charge is 0.244 e. The minimum absolute atomic E-state index is 0.0205. The Labute approximate surface area is 131 Å². The Bertz CT molecular complexity index is 651. The Balaban J connectivity index is 2.32. The van der Waals surface area contributed by atoms with Crippen molar-refractivity contribution >= 4 is 15.9 Å². The van der Waals surface area contributed by atoms with Crippen molar-refractivity contribution < 1.29 is 17.9 Å². The molecule has 0 atom stereocenters. The number of nitrogens with one attached hydrogen (secondary N) is 1. The van der Waals surface area contributed by atoms with Gasteiger partial charge in [-0.05, 0) is 52.0 Å². The van der Waals surface area contributed by atoms with Crippen molar-refractivity contribution in [3.8, 4) is 5.75 Å². The molecule has 0 aliphatic carbocycles. The Kier molecular flexibility index (Phi) is 4.49. The molecule has 1 heterocycles. The molecule has 2 rings (SSSR count). The molecule has 1 aliphatic rings. The summed E-state index contributed by atoms with van der Waals surface area (Å²) in [7, 11) is -3.73. The second-order valence-electron chi connectivity index (χ2n) is 6.03. The number of amides is 1. The van der Waals surface area contributed by atoms with E-state index in [0.717, 1.165) is 0 Å². The fourth-order valence-electron chi connectivity index (χ4n) is 2.39. The van der Waals surface area contributed by atoms with Crippen molar-refractivity contribution in [1.29, 1.82) is 0 Å². The van der Waals surface area contributed by atoms with E-state index in [1.165, 1.54) is 16.4 Å². The van der Waals surface area contributed by atoms with E-state index in [-0.39, 0.29) is 23.5 Å². The van der Waals surface area contributed by atoms with Crippen LogP contribution in [0.1, 0.15) is 27.7 Å². The Morgan fingerprint density at radius 1 is 1.23 bits per heavy atom. The third-order valence-electron chi connectivity index (χ3n) is 3.56. The molecule has 1 aromatic carbocycles. The molecule has 0 radical (unpaired) electrons. The summed E-state index contributed by atoms with van der Waals surface area (Å²) in [6.45, 7) is 7.59. The summed E-state index contributed by atoms with van der Waals surface area (Å²) in [5.41, 5.74) is -1.11. The van der Waals surface area contributed by atoms with Crippen LogP contribution in [0.4, 0.5) is 0 Å². The summed E-state index contributed by atoms with van der Waals surface area (Å²) >= 11 is 0. The number of ether oxygens (including phenoxy) is 1. The standard InChI is InChI=1S/C15H22N2O4S/c1-11(2)21-12-5-7-13(8-6-12)22(19,20)17-10-9-16-14(18)15(17,3)4/h5-8,11H,9-10H2,1-4H3,(H,16,18). The van der Waals surface area contributed by atoms with E-state index in [2.05, 4.69) is 5.32 Å². The van der Waals surface area contributed by atoms with Gasteiger partial charge < -0.3 is 10.1 Å². The van der Waals surface area contributed by atoms with Crippen molar-refractivity contribution in [3.05, 3.63) is 24.3 Å². The van der Waals surface area contributed by atoms with Gasteiger partial charge in [-0.3, -0.25) is 4.79 Å². The van der Waals surface area contributed by atoms with Crippen molar-refractivity contribution in [2.45, 2.75) is 44.2 Å². The second kappa shape index (κ2) is 5.89. The molecule has 1 fully saturated rings. The van der Waals surface area contributed by atoms with Crippen LogP contribution in [0.3, 0.4) is 0 Å². The summed E-state index contributed by atoms with van der Waals surface area (Å²) < 4.78 is 32.3. The molecular weight excluding hydrogens is 304 g/mol. The van der Waals surface area contributed by atoms with Crippen LogP contribution in [-0.4, -0.2) is 43.4 Å². The molecule has 0 unspecified atom stereocenters. The monoisotopic (exact) mass is 326 g/mol. The average molecular weight is 326 g/mol. The van der Waals surface area contributed by atoms with E-state index in [1.54, 1.807) is 26.0 Å². The Hall–Kier alpha value is -1.60. The summed E-state index contributed by atoms with van der Waals surface area (Å²) in [6, 6.07) is 6.28. The summed E-state index contributed by atoms with van der Waals surface area (Å²) in [5.74, 6) is 0.326. The lowest BCUT2D eigenvalue weighted by Crippen LogP contribution is -2.63. The third kappa shape index (κ3) is 3.10. The third-order valence-corrected chi connectivity index (χ3v) is 5.65. The van der Waals surface area contributed by atoms with Gasteiger partial charge in [0.2, 0.25) is 15.9 Å². The molecule has 1 N–H and O–H groups in total. The number of hydrogen-bond acceptors (Lipinski definition) is 4. The molecule has 1 saturated heterocycles. The van der Waals surface area contributed by atoms with Crippen molar-refractivity contribution in [2.75, 3.05) is 13.1 Å². The molecule has 1 aromatic rings. The second-order valence-corrected chi connectivity index (χ2v) is 7.89. The van der Waals surface area contributed by atoms with Crippen LogP contribution in [0, 0.1) is 0 Å². The van der Waals surface area contributed by atoms with Crippen LogP contribution in [-0.2, 0) is 14.8 Å². The number of nitrogens with zero attached hydrogens (tertiary/aromatic N) is 1. The molecule has 7 heteroatoms. The van der Waals surface area contributed by atoms with E-state index in [0.29, 0.717) is 12.3 Å². The highest BCUT2D eigenvalue weighted by molar-refractivity contribution is 7.89. The first-order chi connectivity index (χ1) is 10.2. The fourth-order valence-corrected chi connectivity index (χ4v) is 4.14. The van der Waals surface area contributed by atoms with E-state index >= 15 is 0 Å².